The van der Waals surface area contributed by atoms with E-state index in [2.05, 4.69) is 28.9 Å². The van der Waals surface area contributed by atoms with Gasteiger partial charge in [0.05, 0.1) is 42.6 Å². The molecule has 3 aromatic rings. The van der Waals surface area contributed by atoms with Gasteiger partial charge < -0.3 is 14.4 Å². The molecule has 0 spiro atoms. The lowest BCUT2D eigenvalue weighted by atomic mass is 9.45. The number of ether oxygens (including phenoxy) is 2. The molecule has 0 unspecified atom stereocenters. The van der Waals surface area contributed by atoms with Crippen molar-refractivity contribution in [1.29, 1.82) is 0 Å². The minimum Gasteiger partial charge on any atom is -0.378 e. The molecule has 0 bridgehead atoms. The van der Waals surface area contributed by atoms with E-state index in [0.29, 0.717) is 86.7 Å². The number of fused-ring (bicyclic) bond motifs is 6. The summed E-state index contributed by atoms with van der Waals surface area (Å²) in [4.78, 5) is 41.9. The van der Waals surface area contributed by atoms with Gasteiger partial charge in [0, 0.05) is 57.4 Å². The predicted molar refractivity (Wildman–Crippen MR) is 201 cm³/mol. The molecule has 2 aromatic carbocycles. The number of Topliss-reactive ketones (excluding diaryl/α,β-unsaturated/α-hetero) is 1. The quantitative estimate of drug-likeness (QED) is 0.241. The zero-order chi connectivity index (χ0) is 36.7. The van der Waals surface area contributed by atoms with Crippen LogP contribution in [0.4, 0.5) is 4.39 Å². The summed E-state index contributed by atoms with van der Waals surface area (Å²) in [5.41, 5.74) is 1.82. The van der Waals surface area contributed by atoms with Gasteiger partial charge in [0.15, 0.2) is 0 Å². The standard InChI is InChI=1S/C43H55FN4O5/c1-42-15-13-30(49)27-29(42)8-9-33-35-10-12-39(43(35,2)16-14-36(33)42)53-24-23-52-22-21-47-17-19-48(20-18-47)41(51)34-25-28(7-11-37(34)44)26-38-31-5-3-4-6-32(31)40(50)46-45-38/h3-7,11,25,29,33,35-36,39H,8-10,12-24,26-27H2,1-2H3,(H,46,50)/t29-,33-,35-,36-,39-,42-,43-/m1/s1. The van der Waals surface area contributed by atoms with Crippen LogP contribution in [0.2, 0.25) is 0 Å². The molecule has 1 aromatic heterocycles. The molecule has 5 fully saturated rings. The number of halogens is 1. The molecule has 1 saturated heterocycles. The highest BCUT2D eigenvalue weighted by Crippen LogP contribution is 2.66. The fraction of sp³-hybridized carbons (Fsp3) is 0.628. The van der Waals surface area contributed by atoms with Crippen molar-refractivity contribution in [3.8, 4) is 0 Å². The van der Waals surface area contributed by atoms with Gasteiger partial charge in [-0.05, 0) is 103 Å². The number of hydrogen-bond acceptors (Lipinski definition) is 7. The minimum absolute atomic E-state index is 0.0621. The van der Waals surface area contributed by atoms with Crippen LogP contribution in [-0.2, 0) is 20.7 Å². The van der Waals surface area contributed by atoms with E-state index in [4.69, 9.17) is 9.47 Å². The molecule has 7 atom stereocenters. The van der Waals surface area contributed by atoms with Crippen LogP contribution in [0.5, 0.6) is 0 Å². The highest BCUT2D eigenvalue weighted by molar-refractivity contribution is 5.95. The lowest BCUT2D eigenvalue weighted by Gasteiger charge is -2.60. The molecule has 9 nitrogen and oxygen atoms in total. The summed E-state index contributed by atoms with van der Waals surface area (Å²) in [6.45, 7) is 10.1. The third-order valence-electron chi connectivity index (χ3n) is 14.6. The van der Waals surface area contributed by atoms with E-state index < -0.39 is 5.82 Å². The summed E-state index contributed by atoms with van der Waals surface area (Å²) in [6, 6.07) is 11.9. The van der Waals surface area contributed by atoms with Crippen LogP contribution in [0.15, 0.2) is 47.3 Å². The average Bonchev–Trinajstić information content (AvgIpc) is 3.51. The summed E-state index contributed by atoms with van der Waals surface area (Å²) < 4.78 is 27.6. The molecule has 0 radical (unpaired) electrons. The van der Waals surface area contributed by atoms with Crippen LogP contribution in [0.3, 0.4) is 0 Å². The van der Waals surface area contributed by atoms with Crippen LogP contribution >= 0.6 is 0 Å². The summed E-state index contributed by atoms with van der Waals surface area (Å²) in [5.74, 6) is 2.52. The second-order valence-corrected chi connectivity index (χ2v) is 17.2. The summed E-state index contributed by atoms with van der Waals surface area (Å²) in [7, 11) is 0. The number of aromatic nitrogens is 2. The SMILES string of the molecule is C[C@@]12CCC(=O)C[C@H]1CC[C@H]1[C@H]2CC[C@]2(C)[C@@H]1CC[C@H]2OCCOCCN1CCN(C(=O)c2cc(Cc3n[nH]c(=O)c4ccccc34)ccc2F)CC1. The Kier molecular flexibility index (Phi) is 10.3. The smallest absolute Gasteiger partial charge is 0.272 e. The van der Waals surface area contributed by atoms with Gasteiger partial charge in [0.2, 0.25) is 0 Å². The number of aromatic amines is 1. The number of rotatable bonds is 10. The Balaban J connectivity index is 0.764. The number of ketones is 1. The van der Waals surface area contributed by atoms with Crippen molar-refractivity contribution in [3.63, 3.8) is 0 Å². The first-order valence-electron chi connectivity index (χ1n) is 20.1. The number of benzene rings is 2. The highest BCUT2D eigenvalue weighted by Gasteiger charge is 2.60. The monoisotopic (exact) mass is 726 g/mol. The van der Waals surface area contributed by atoms with Crippen LogP contribution in [0, 0.1) is 40.3 Å². The first-order valence-corrected chi connectivity index (χ1v) is 20.1. The van der Waals surface area contributed by atoms with Gasteiger partial charge in [-0.3, -0.25) is 19.3 Å². The first-order chi connectivity index (χ1) is 25.6. The fourth-order valence-corrected chi connectivity index (χ4v) is 11.5. The third-order valence-corrected chi connectivity index (χ3v) is 14.6. The number of nitrogens with zero attached hydrogens (tertiary/aromatic N) is 3. The van der Waals surface area contributed by atoms with Crippen molar-refractivity contribution >= 4 is 22.5 Å². The van der Waals surface area contributed by atoms with Gasteiger partial charge in [0.25, 0.3) is 11.5 Å². The van der Waals surface area contributed by atoms with Crippen LogP contribution < -0.4 is 5.56 Å². The average molecular weight is 727 g/mol. The minimum atomic E-state index is -0.537. The topological polar surface area (TPSA) is 105 Å². The number of H-pyrrole nitrogens is 1. The predicted octanol–water partition coefficient (Wildman–Crippen LogP) is 6.42. The summed E-state index contributed by atoms with van der Waals surface area (Å²) >= 11 is 0. The van der Waals surface area contributed by atoms with Crippen molar-refractivity contribution < 1.29 is 23.5 Å². The molecular formula is C43H55FN4O5. The number of piperazine rings is 1. The van der Waals surface area contributed by atoms with E-state index in [0.717, 1.165) is 60.9 Å². The molecule has 1 N–H and O–H groups in total. The van der Waals surface area contributed by atoms with Gasteiger partial charge in [-0.2, -0.15) is 5.10 Å². The van der Waals surface area contributed by atoms with Crippen LogP contribution in [-0.4, -0.2) is 90.3 Å². The second kappa shape index (κ2) is 15.0. The third kappa shape index (κ3) is 7.00. The Morgan fingerprint density at radius 2 is 1.70 bits per heavy atom. The molecule has 53 heavy (non-hydrogen) atoms. The summed E-state index contributed by atoms with van der Waals surface area (Å²) in [6.07, 6.45) is 10.8. The molecule has 2 heterocycles. The van der Waals surface area contributed by atoms with E-state index in [1.165, 1.54) is 38.2 Å². The van der Waals surface area contributed by atoms with Crippen LogP contribution in [0.1, 0.15) is 93.3 Å². The second-order valence-electron chi connectivity index (χ2n) is 17.2. The number of nitrogens with one attached hydrogen (secondary N) is 1. The Bertz CT molecular complexity index is 1890. The molecule has 1 aliphatic heterocycles. The molecule has 1 amide bonds. The molecule has 4 saturated carbocycles. The Labute approximate surface area is 312 Å². The maximum Gasteiger partial charge on any atom is 0.272 e. The molecule has 5 aliphatic rings. The van der Waals surface area contributed by atoms with Gasteiger partial charge in [-0.25, -0.2) is 9.49 Å². The van der Waals surface area contributed by atoms with Crippen molar-refractivity contribution in [2.24, 2.45) is 34.5 Å². The maximum absolute atomic E-state index is 15.0. The molecular weight excluding hydrogens is 671 g/mol. The van der Waals surface area contributed by atoms with Crippen molar-refractivity contribution in [1.82, 2.24) is 20.0 Å². The highest BCUT2D eigenvalue weighted by atomic mass is 19.1. The maximum atomic E-state index is 15.0. The number of carbonyl (C=O) groups excluding carboxylic acids is 2. The van der Waals surface area contributed by atoms with Gasteiger partial charge in [-0.1, -0.05) is 38.1 Å². The van der Waals surface area contributed by atoms with E-state index in [9.17, 15) is 18.8 Å². The van der Waals surface area contributed by atoms with E-state index in [1.807, 2.05) is 12.1 Å². The van der Waals surface area contributed by atoms with Gasteiger partial charge >= 0.3 is 0 Å². The van der Waals surface area contributed by atoms with Crippen molar-refractivity contribution in [3.05, 3.63) is 75.5 Å². The van der Waals surface area contributed by atoms with Crippen molar-refractivity contribution in [2.75, 3.05) is 52.5 Å². The Morgan fingerprint density at radius 1 is 0.906 bits per heavy atom. The number of carbonyl (C=O) groups is 2. The normalized spacial score (nSPS) is 31.6. The van der Waals surface area contributed by atoms with E-state index in [-0.39, 0.29) is 22.4 Å². The Hall–Kier alpha value is -3.47. The lowest BCUT2D eigenvalue weighted by molar-refractivity contribution is -0.146. The van der Waals surface area contributed by atoms with E-state index in [1.54, 1.807) is 29.2 Å². The molecule has 284 valence electrons. The molecule has 10 heteroatoms. The summed E-state index contributed by atoms with van der Waals surface area (Å²) in [5, 5.41) is 8.08. The molecule has 4 aliphatic carbocycles. The molecule has 8 rings (SSSR count). The van der Waals surface area contributed by atoms with E-state index >= 15 is 0 Å². The zero-order valence-electron chi connectivity index (χ0n) is 31.4. The van der Waals surface area contributed by atoms with Crippen molar-refractivity contribution in [2.45, 2.75) is 84.2 Å². The number of amides is 1. The van der Waals surface area contributed by atoms with Gasteiger partial charge in [0.1, 0.15) is 11.6 Å². The largest absolute Gasteiger partial charge is 0.378 e. The van der Waals surface area contributed by atoms with Crippen LogP contribution in [0.25, 0.3) is 10.8 Å². The lowest BCUT2D eigenvalue weighted by Crippen LogP contribution is -2.54. The fourth-order valence-electron chi connectivity index (χ4n) is 11.5. The Morgan fingerprint density at radius 3 is 2.53 bits per heavy atom. The van der Waals surface area contributed by atoms with Gasteiger partial charge in [-0.15, -0.1) is 0 Å². The first kappa shape index (κ1) is 36.5. The zero-order valence-corrected chi connectivity index (χ0v) is 31.4. The number of hydrogen-bond donors (Lipinski definition) is 1.